The summed E-state index contributed by atoms with van der Waals surface area (Å²) < 4.78 is 46.4. The summed E-state index contributed by atoms with van der Waals surface area (Å²) in [4.78, 5) is 8.51. The van der Waals surface area contributed by atoms with Crippen LogP contribution in [0.15, 0.2) is 23.2 Å². The van der Waals surface area contributed by atoms with Gasteiger partial charge in [0.15, 0.2) is 5.96 Å². The maximum Gasteiger partial charge on any atom is 0.416 e. The number of nitrogens with one attached hydrogen (secondary N) is 2. The van der Waals surface area contributed by atoms with Crippen molar-refractivity contribution in [1.82, 2.24) is 15.5 Å². The topological polar surface area (TPSA) is 52.1 Å². The number of alkyl halides is 3. The fraction of sp³-hybridized carbons (Fsp3) is 0.667. The zero-order valence-electron chi connectivity index (χ0n) is 17.8. The lowest BCUT2D eigenvalue weighted by molar-refractivity contribution is -0.138. The second-order valence-corrected chi connectivity index (χ2v) is 7.67. The summed E-state index contributed by atoms with van der Waals surface area (Å²) in [7, 11) is 1.63. The number of likely N-dealkylation sites (N-methyl/N-ethyl adjacent to an activating group) is 1. The Morgan fingerprint density at radius 3 is 2.63 bits per heavy atom. The standard InChI is InChI=1S/C21H32F3N5O/c1-3-28-8-4-5-18(28)15-27-20(25-2)26-14-16-6-7-17(13-19(16)21(22,23)24)29-9-11-30-12-10-29/h6-7,13,18H,3-5,8-12,14-15H2,1-2H3,(H2,25,26,27). The van der Waals surface area contributed by atoms with Crippen LogP contribution >= 0.6 is 0 Å². The largest absolute Gasteiger partial charge is 0.416 e. The number of benzene rings is 1. The zero-order chi connectivity index (χ0) is 21.6. The highest BCUT2D eigenvalue weighted by molar-refractivity contribution is 5.79. The van der Waals surface area contributed by atoms with E-state index in [1.807, 2.05) is 4.90 Å². The molecule has 6 nitrogen and oxygen atoms in total. The zero-order valence-corrected chi connectivity index (χ0v) is 17.8. The molecule has 2 saturated heterocycles. The summed E-state index contributed by atoms with van der Waals surface area (Å²) in [5, 5.41) is 6.30. The molecule has 2 N–H and O–H groups in total. The van der Waals surface area contributed by atoms with Crippen LogP contribution in [0, 0.1) is 0 Å². The molecule has 0 bridgehead atoms. The van der Waals surface area contributed by atoms with E-state index in [-0.39, 0.29) is 12.1 Å². The lowest BCUT2D eigenvalue weighted by Gasteiger charge is -2.30. The molecule has 2 fully saturated rings. The monoisotopic (exact) mass is 427 g/mol. The van der Waals surface area contributed by atoms with E-state index < -0.39 is 11.7 Å². The SMILES string of the molecule is CCN1CCCC1CNC(=NC)NCc1ccc(N2CCOCC2)cc1C(F)(F)F. The molecular formula is C21H32F3N5O. The number of ether oxygens (including phenoxy) is 1. The molecule has 3 rings (SSSR count). The van der Waals surface area contributed by atoms with Crippen molar-refractivity contribution in [3.8, 4) is 0 Å². The van der Waals surface area contributed by atoms with Crippen LogP contribution in [0.5, 0.6) is 0 Å². The number of aliphatic imine (C=N–C) groups is 1. The molecule has 168 valence electrons. The number of rotatable bonds is 6. The Morgan fingerprint density at radius 2 is 1.97 bits per heavy atom. The van der Waals surface area contributed by atoms with Gasteiger partial charge < -0.3 is 20.3 Å². The van der Waals surface area contributed by atoms with E-state index in [1.165, 1.54) is 12.5 Å². The molecule has 1 unspecified atom stereocenters. The van der Waals surface area contributed by atoms with E-state index in [1.54, 1.807) is 19.2 Å². The Balaban J connectivity index is 1.64. The number of guanidine groups is 1. The van der Waals surface area contributed by atoms with E-state index in [0.717, 1.165) is 26.1 Å². The minimum atomic E-state index is -4.41. The summed E-state index contributed by atoms with van der Waals surface area (Å²) in [6.45, 7) is 7.29. The molecule has 30 heavy (non-hydrogen) atoms. The van der Waals surface area contributed by atoms with Gasteiger partial charge in [-0.25, -0.2) is 0 Å². The van der Waals surface area contributed by atoms with Gasteiger partial charge in [0, 0.05) is 45.0 Å². The van der Waals surface area contributed by atoms with Gasteiger partial charge in [-0.1, -0.05) is 13.0 Å². The number of anilines is 1. The fourth-order valence-electron chi connectivity index (χ4n) is 4.16. The Kier molecular flexibility index (Phi) is 7.82. The van der Waals surface area contributed by atoms with E-state index in [2.05, 4.69) is 27.4 Å². The Labute approximate surface area is 176 Å². The molecule has 1 aromatic carbocycles. The first kappa shape index (κ1) is 22.7. The van der Waals surface area contributed by atoms with Crippen LogP contribution in [0.2, 0.25) is 0 Å². The lowest BCUT2D eigenvalue weighted by atomic mass is 10.0. The fourth-order valence-corrected chi connectivity index (χ4v) is 4.16. The summed E-state index contributed by atoms with van der Waals surface area (Å²) in [5.41, 5.74) is 0.179. The Hall–Kier alpha value is -2.00. The third-order valence-electron chi connectivity index (χ3n) is 5.86. The van der Waals surface area contributed by atoms with Crippen molar-refractivity contribution in [2.24, 2.45) is 4.99 Å². The number of morpholine rings is 1. The Morgan fingerprint density at radius 1 is 1.20 bits per heavy atom. The first-order valence-corrected chi connectivity index (χ1v) is 10.6. The number of likely N-dealkylation sites (tertiary alicyclic amines) is 1. The molecule has 0 saturated carbocycles. The molecule has 2 heterocycles. The lowest BCUT2D eigenvalue weighted by Crippen LogP contribution is -2.44. The van der Waals surface area contributed by atoms with Crippen molar-refractivity contribution < 1.29 is 17.9 Å². The quantitative estimate of drug-likeness (QED) is 0.540. The second-order valence-electron chi connectivity index (χ2n) is 7.67. The van der Waals surface area contributed by atoms with E-state index in [4.69, 9.17) is 4.74 Å². The first-order chi connectivity index (χ1) is 14.4. The predicted octanol–water partition coefficient (Wildman–Crippen LogP) is 2.69. The van der Waals surface area contributed by atoms with Crippen LogP contribution in [-0.4, -0.2) is 69.9 Å². The highest BCUT2D eigenvalue weighted by Gasteiger charge is 2.34. The molecule has 0 aromatic heterocycles. The number of halogens is 3. The van der Waals surface area contributed by atoms with Crippen LogP contribution in [-0.2, 0) is 17.5 Å². The van der Waals surface area contributed by atoms with Gasteiger partial charge in [0.05, 0.1) is 18.8 Å². The van der Waals surface area contributed by atoms with E-state index in [9.17, 15) is 13.2 Å². The van der Waals surface area contributed by atoms with Crippen LogP contribution in [0.3, 0.4) is 0 Å². The van der Waals surface area contributed by atoms with Crippen molar-refractivity contribution in [1.29, 1.82) is 0 Å². The molecule has 0 radical (unpaired) electrons. The molecule has 0 spiro atoms. The van der Waals surface area contributed by atoms with Crippen LogP contribution in [0.25, 0.3) is 0 Å². The number of nitrogens with zero attached hydrogens (tertiary/aromatic N) is 3. The van der Waals surface area contributed by atoms with E-state index >= 15 is 0 Å². The third kappa shape index (κ3) is 5.78. The van der Waals surface area contributed by atoms with Crippen LogP contribution in [0.4, 0.5) is 18.9 Å². The highest BCUT2D eigenvalue weighted by atomic mass is 19.4. The average Bonchev–Trinajstić information content (AvgIpc) is 3.21. The average molecular weight is 428 g/mol. The molecule has 2 aliphatic heterocycles. The maximum atomic E-state index is 13.7. The van der Waals surface area contributed by atoms with Gasteiger partial charge in [-0.05, 0) is 43.6 Å². The van der Waals surface area contributed by atoms with Gasteiger partial charge in [-0.15, -0.1) is 0 Å². The van der Waals surface area contributed by atoms with Gasteiger partial charge in [0.2, 0.25) is 0 Å². The van der Waals surface area contributed by atoms with Gasteiger partial charge >= 0.3 is 6.18 Å². The summed E-state index contributed by atoms with van der Waals surface area (Å²) >= 11 is 0. The molecular weight excluding hydrogens is 395 g/mol. The first-order valence-electron chi connectivity index (χ1n) is 10.6. The predicted molar refractivity (Wildman–Crippen MR) is 113 cm³/mol. The minimum Gasteiger partial charge on any atom is -0.378 e. The number of hydrogen-bond acceptors (Lipinski definition) is 4. The van der Waals surface area contributed by atoms with Crippen molar-refractivity contribution in [2.75, 3.05) is 57.9 Å². The van der Waals surface area contributed by atoms with Crippen LogP contribution < -0.4 is 15.5 Å². The molecule has 2 aliphatic rings. The van der Waals surface area contributed by atoms with Gasteiger partial charge in [0.1, 0.15) is 0 Å². The third-order valence-corrected chi connectivity index (χ3v) is 5.86. The summed E-state index contributed by atoms with van der Waals surface area (Å²) in [5.74, 6) is 0.517. The minimum absolute atomic E-state index is 0.0556. The Bertz CT molecular complexity index is 719. The highest BCUT2D eigenvalue weighted by Crippen LogP contribution is 2.35. The van der Waals surface area contributed by atoms with Gasteiger partial charge in [-0.3, -0.25) is 9.89 Å². The van der Waals surface area contributed by atoms with E-state index in [0.29, 0.717) is 44.0 Å². The van der Waals surface area contributed by atoms with Crippen molar-refractivity contribution in [2.45, 2.75) is 38.5 Å². The van der Waals surface area contributed by atoms with Gasteiger partial charge in [-0.2, -0.15) is 13.2 Å². The molecule has 9 heteroatoms. The molecule has 1 atom stereocenters. The summed E-state index contributed by atoms with van der Waals surface area (Å²) in [6.07, 6.45) is -2.11. The second kappa shape index (κ2) is 10.3. The van der Waals surface area contributed by atoms with Gasteiger partial charge in [0.25, 0.3) is 0 Å². The molecule has 0 aliphatic carbocycles. The smallest absolute Gasteiger partial charge is 0.378 e. The summed E-state index contributed by atoms with van der Waals surface area (Å²) in [6, 6.07) is 5.00. The molecule has 0 amide bonds. The number of hydrogen-bond donors (Lipinski definition) is 2. The maximum absolute atomic E-state index is 13.7. The normalized spacial score (nSPS) is 21.2. The van der Waals surface area contributed by atoms with Crippen molar-refractivity contribution in [3.63, 3.8) is 0 Å². The van der Waals surface area contributed by atoms with Crippen molar-refractivity contribution in [3.05, 3.63) is 29.3 Å². The van der Waals surface area contributed by atoms with Crippen molar-refractivity contribution >= 4 is 11.6 Å². The van der Waals surface area contributed by atoms with Crippen LogP contribution in [0.1, 0.15) is 30.9 Å². The molecule has 1 aromatic rings.